The van der Waals surface area contributed by atoms with E-state index >= 15 is 0 Å². The summed E-state index contributed by atoms with van der Waals surface area (Å²) in [5, 5.41) is 0.586. The molecule has 4 nitrogen and oxygen atoms in total. The molecular weight excluding hydrogens is 231 g/mol. The van der Waals surface area contributed by atoms with E-state index in [4.69, 9.17) is 5.73 Å². The number of aromatic nitrogens is 3. The summed E-state index contributed by atoms with van der Waals surface area (Å²) in [7, 11) is 0. The molecule has 0 aliphatic heterocycles. The number of halogens is 1. The predicted octanol–water partition coefficient (Wildman–Crippen LogP) is 2.20. The second-order valence-electron chi connectivity index (χ2n) is 4.17. The average molecular weight is 244 g/mol. The van der Waals surface area contributed by atoms with Crippen LogP contribution in [0.1, 0.15) is 5.82 Å². The molecule has 2 aromatic heterocycles. The number of nitrogens with zero attached hydrogens (tertiary/aromatic N) is 1. The van der Waals surface area contributed by atoms with Crippen LogP contribution in [0.15, 0.2) is 30.5 Å². The van der Waals surface area contributed by atoms with Gasteiger partial charge in [-0.15, -0.1) is 0 Å². The zero-order valence-corrected chi connectivity index (χ0v) is 9.70. The van der Waals surface area contributed by atoms with E-state index in [1.54, 1.807) is 18.3 Å². The average Bonchev–Trinajstić information content (AvgIpc) is 2.96. The Kier molecular flexibility index (Phi) is 2.60. The normalized spacial score (nSPS) is 11.2. The van der Waals surface area contributed by atoms with E-state index < -0.39 is 0 Å². The monoisotopic (exact) mass is 244 g/mol. The van der Waals surface area contributed by atoms with Crippen LogP contribution < -0.4 is 5.73 Å². The molecule has 3 aromatic rings. The first kappa shape index (κ1) is 11.0. The first-order valence-corrected chi connectivity index (χ1v) is 5.79. The first-order chi connectivity index (χ1) is 8.78. The molecule has 0 amide bonds. The lowest BCUT2D eigenvalue weighted by molar-refractivity contribution is 0.640. The van der Waals surface area contributed by atoms with Crippen LogP contribution >= 0.6 is 0 Å². The Balaban J connectivity index is 2.05. The zero-order chi connectivity index (χ0) is 12.5. The molecule has 18 heavy (non-hydrogen) atoms. The molecule has 2 heterocycles. The number of hydrogen-bond donors (Lipinski definition) is 3. The van der Waals surface area contributed by atoms with Crippen LogP contribution in [-0.2, 0) is 6.42 Å². The number of nitrogens with one attached hydrogen (secondary N) is 2. The molecule has 0 aliphatic rings. The van der Waals surface area contributed by atoms with Crippen molar-refractivity contribution in [2.45, 2.75) is 6.42 Å². The number of imidazole rings is 1. The van der Waals surface area contributed by atoms with Crippen LogP contribution in [-0.4, -0.2) is 21.5 Å². The molecule has 4 N–H and O–H groups in total. The largest absolute Gasteiger partial charge is 0.353 e. The van der Waals surface area contributed by atoms with E-state index in [0.717, 1.165) is 22.7 Å². The van der Waals surface area contributed by atoms with Crippen LogP contribution in [0, 0.1) is 5.82 Å². The molecule has 0 radical (unpaired) electrons. The van der Waals surface area contributed by atoms with Crippen LogP contribution in [0.25, 0.3) is 22.3 Å². The maximum atomic E-state index is 13.6. The van der Waals surface area contributed by atoms with Crippen LogP contribution in [0.4, 0.5) is 4.39 Å². The maximum Gasteiger partial charge on any atom is 0.132 e. The summed E-state index contributed by atoms with van der Waals surface area (Å²) < 4.78 is 13.6. The second-order valence-corrected chi connectivity index (χ2v) is 4.17. The molecular formula is C13H13FN4. The van der Waals surface area contributed by atoms with E-state index in [0.29, 0.717) is 18.4 Å². The van der Waals surface area contributed by atoms with Gasteiger partial charge in [0.25, 0.3) is 0 Å². The zero-order valence-electron chi connectivity index (χ0n) is 9.70. The van der Waals surface area contributed by atoms with Gasteiger partial charge in [-0.25, -0.2) is 9.37 Å². The molecule has 5 heteroatoms. The Morgan fingerprint density at radius 1 is 1.22 bits per heavy atom. The van der Waals surface area contributed by atoms with Gasteiger partial charge in [0.1, 0.15) is 11.6 Å². The highest BCUT2D eigenvalue weighted by atomic mass is 19.1. The van der Waals surface area contributed by atoms with E-state index in [2.05, 4.69) is 15.0 Å². The number of H-pyrrole nitrogens is 2. The fraction of sp³-hybridized carbons (Fsp3) is 0.154. The van der Waals surface area contributed by atoms with Gasteiger partial charge >= 0.3 is 0 Å². The van der Waals surface area contributed by atoms with Gasteiger partial charge in [0.2, 0.25) is 0 Å². The lowest BCUT2D eigenvalue weighted by Crippen LogP contribution is -2.03. The van der Waals surface area contributed by atoms with E-state index in [1.807, 2.05) is 6.07 Å². The molecule has 0 saturated carbocycles. The smallest absolute Gasteiger partial charge is 0.132 e. The fourth-order valence-electron chi connectivity index (χ4n) is 2.03. The van der Waals surface area contributed by atoms with Crippen molar-refractivity contribution < 1.29 is 4.39 Å². The van der Waals surface area contributed by atoms with Gasteiger partial charge in [-0.3, -0.25) is 0 Å². The van der Waals surface area contributed by atoms with Crippen molar-refractivity contribution in [1.82, 2.24) is 15.0 Å². The Labute approximate surface area is 103 Å². The number of fused-ring (bicyclic) bond motifs is 1. The Hall–Kier alpha value is -2.14. The van der Waals surface area contributed by atoms with E-state index in [1.165, 1.54) is 6.07 Å². The van der Waals surface area contributed by atoms with Crippen molar-refractivity contribution in [3.8, 4) is 11.4 Å². The van der Waals surface area contributed by atoms with Gasteiger partial charge in [-0.2, -0.15) is 0 Å². The number of benzene rings is 1. The van der Waals surface area contributed by atoms with Gasteiger partial charge in [-0.1, -0.05) is 6.07 Å². The highest BCUT2D eigenvalue weighted by molar-refractivity contribution is 5.85. The first-order valence-electron chi connectivity index (χ1n) is 5.79. The van der Waals surface area contributed by atoms with Gasteiger partial charge in [0.15, 0.2) is 0 Å². The summed E-state index contributed by atoms with van der Waals surface area (Å²) in [6.07, 6.45) is 2.43. The van der Waals surface area contributed by atoms with E-state index in [-0.39, 0.29) is 5.82 Å². The highest BCUT2D eigenvalue weighted by Gasteiger charge is 2.08. The van der Waals surface area contributed by atoms with Gasteiger partial charge in [0, 0.05) is 17.3 Å². The van der Waals surface area contributed by atoms with Crippen molar-refractivity contribution in [3.63, 3.8) is 0 Å². The quantitative estimate of drug-likeness (QED) is 0.661. The molecule has 0 bridgehead atoms. The number of hydrogen-bond acceptors (Lipinski definition) is 2. The minimum absolute atomic E-state index is 0.225. The SMILES string of the molecule is NCCc1ncc(-c2cc3c(F)cccc3[nH]2)[nH]1. The lowest BCUT2D eigenvalue weighted by atomic mass is 10.2. The number of aromatic amines is 2. The summed E-state index contributed by atoms with van der Waals surface area (Å²) in [4.78, 5) is 10.6. The van der Waals surface area contributed by atoms with Gasteiger partial charge in [0.05, 0.1) is 17.6 Å². The molecule has 1 aromatic carbocycles. The maximum absolute atomic E-state index is 13.6. The predicted molar refractivity (Wildman–Crippen MR) is 68.6 cm³/mol. The highest BCUT2D eigenvalue weighted by Crippen LogP contribution is 2.24. The van der Waals surface area contributed by atoms with Crippen molar-refractivity contribution in [1.29, 1.82) is 0 Å². The third-order valence-corrected chi connectivity index (χ3v) is 2.91. The van der Waals surface area contributed by atoms with Crippen LogP contribution in [0.5, 0.6) is 0 Å². The Morgan fingerprint density at radius 2 is 2.11 bits per heavy atom. The molecule has 92 valence electrons. The third-order valence-electron chi connectivity index (χ3n) is 2.91. The summed E-state index contributed by atoms with van der Waals surface area (Å²) in [6, 6.07) is 6.76. The number of nitrogens with two attached hydrogens (primary N) is 1. The molecule has 0 spiro atoms. The van der Waals surface area contributed by atoms with Crippen molar-refractivity contribution >= 4 is 10.9 Å². The molecule has 3 rings (SSSR count). The van der Waals surface area contributed by atoms with Crippen LogP contribution in [0.2, 0.25) is 0 Å². The Bertz CT molecular complexity index is 683. The van der Waals surface area contributed by atoms with Gasteiger partial charge in [-0.05, 0) is 24.7 Å². The number of rotatable bonds is 3. The standard InChI is InChI=1S/C13H13FN4/c14-9-2-1-3-10-8(9)6-11(17-10)12-7-16-13(18-12)4-5-15/h1-3,6-7,17H,4-5,15H2,(H,16,18). The summed E-state index contributed by atoms with van der Waals surface area (Å²) in [6.45, 7) is 0.550. The topological polar surface area (TPSA) is 70.5 Å². The lowest BCUT2D eigenvalue weighted by Gasteiger charge is -1.92. The molecule has 0 atom stereocenters. The van der Waals surface area contributed by atoms with Gasteiger partial charge < -0.3 is 15.7 Å². The molecule has 0 fully saturated rings. The molecule has 0 saturated heterocycles. The second kappa shape index (κ2) is 4.27. The third kappa shape index (κ3) is 1.78. The molecule has 0 aliphatic carbocycles. The van der Waals surface area contributed by atoms with Crippen molar-refractivity contribution in [3.05, 3.63) is 42.1 Å². The Morgan fingerprint density at radius 3 is 2.89 bits per heavy atom. The van der Waals surface area contributed by atoms with Crippen LogP contribution in [0.3, 0.4) is 0 Å². The summed E-state index contributed by atoms with van der Waals surface area (Å²) in [5.41, 5.74) is 7.92. The minimum Gasteiger partial charge on any atom is -0.353 e. The van der Waals surface area contributed by atoms with Crippen molar-refractivity contribution in [2.75, 3.05) is 6.54 Å². The van der Waals surface area contributed by atoms with Crippen molar-refractivity contribution in [2.24, 2.45) is 5.73 Å². The molecule has 0 unspecified atom stereocenters. The minimum atomic E-state index is -0.225. The summed E-state index contributed by atoms with van der Waals surface area (Å²) in [5.74, 6) is 0.614. The fourth-order valence-corrected chi connectivity index (χ4v) is 2.03. The van der Waals surface area contributed by atoms with E-state index in [9.17, 15) is 4.39 Å². The summed E-state index contributed by atoms with van der Waals surface area (Å²) >= 11 is 0.